The van der Waals surface area contributed by atoms with E-state index in [9.17, 15) is 8.42 Å². The number of aromatic amines is 1. The van der Waals surface area contributed by atoms with Gasteiger partial charge in [0.1, 0.15) is 16.5 Å². The predicted molar refractivity (Wildman–Crippen MR) is 113 cm³/mol. The van der Waals surface area contributed by atoms with Crippen molar-refractivity contribution >= 4 is 55.8 Å². The van der Waals surface area contributed by atoms with Gasteiger partial charge in [-0.25, -0.2) is 23.4 Å². The standard InChI is InChI=1S/C18H14Cl3N5O2S/c1-29(27,28)18-22-12(6-10-2-3-11(19)7-13(10)20)8-26(18)9-16-23-14-4-5-15(21)24-17(14)25-16/h2-5,7-8H,6,9H2,1H3,(H,23,24,25). The van der Waals surface area contributed by atoms with E-state index in [1.54, 1.807) is 36.5 Å². The van der Waals surface area contributed by atoms with E-state index >= 15 is 0 Å². The number of benzene rings is 1. The van der Waals surface area contributed by atoms with Crippen molar-refractivity contribution in [3.63, 3.8) is 0 Å². The summed E-state index contributed by atoms with van der Waals surface area (Å²) in [6, 6.07) is 8.54. The minimum Gasteiger partial charge on any atom is -0.325 e. The van der Waals surface area contributed by atoms with Gasteiger partial charge in [-0.3, -0.25) is 0 Å². The number of imidazole rings is 2. The van der Waals surface area contributed by atoms with Crippen LogP contribution in [0.15, 0.2) is 41.7 Å². The molecule has 0 unspecified atom stereocenters. The average Bonchev–Trinajstić information content (AvgIpc) is 3.20. The van der Waals surface area contributed by atoms with Gasteiger partial charge >= 0.3 is 0 Å². The lowest BCUT2D eigenvalue weighted by Gasteiger charge is -2.03. The Hall–Kier alpha value is -2.13. The Bertz CT molecular complexity index is 1330. The summed E-state index contributed by atoms with van der Waals surface area (Å²) >= 11 is 18.1. The third-order valence-corrected chi connectivity index (χ3v) is 5.97. The highest BCUT2D eigenvalue weighted by atomic mass is 35.5. The van der Waals surface area contributed by atoms with Gasteiger partial charge in [0.25, 0.3) is 0 Å². The summed E-state index contributed by atoms with van der Waals surface area (Å²) in [4.78, 5) is 16.0. The van der Waals surface area contributed by atoms with E-state index < -0.39 is 9.84 Å². The van der Waals surface area contributed by atoms with Crippen LogP contribution in [0.3, 0.4) is 0 Å². The fraction of sp³-hybridized carbons (Fsp3) is 0.167. The number of H-pyrrole nitrogens is 1. The van der Waals surface area contributed by atoms with Crippen molar-refractivity contribution in [1.82, 2.24) is 24.5 Å². The fourth-order valence-corrected chi connectivity index (χ4v) is 4.41. The molecular formula is C18H14Cl3N5O2S. The van der Waals surface area contributed by atoms with Crippen molar-refractivity contribution in [1.29, 1.82) is 0 Å². The molecule has 0 fully saturated rings. The molecule has 3 heterocycles. The molecule has 0 atom stereocenters. The summed E-state index contributed by atoms with van der Waals surface area (Å²) in [5.74, 6) is 0.535. The third-order valence-electron chi connectivity index (χ3n) is 4.19. The van der Waals surface area contributed by atoms with Crippen LogP contribution in [0.4, 0.5) is 0 Å². The number of rotatable bonds is 5. The van der Waals surface area contributed by atoms with Crippen LogP contribution in [0.5, 0.6) is 0 Å². The number of fused-ring (bicyclic) bond motifs is 1. The Balaban J connectivity index is 1.69. The Morgan fingerprint density at radius 1 is 1.07 bits per heavy atom. The first-order valence-corrected chi connectivity index (χ1v) is 11.4. The van der Waals surface area contributed by atoms with Crippen molar-refractivity contribution in [3.05, 3.63) is 68.8 Å². The first-order chi connectivity index (χ1) is 13.7. The largest absolute Gasteiger partial charge is 0.325 e. The van der Waals surface area contributed by atoms with E-state index in [4.69, 9.17) is 34.8 Å². The number of halogens is 3. The first-order valence-electron chi connectivity index (χ1n) is 8.40. The van der Waals surface area contributed by atoms with Crippen molar-refractivity contribution in [2.75, 3.05) is 6.26 Å². The molecule has 1 aromatic carbocycles. The van der Waals surface area contributed by atoms with Gasteiger partial charge in [-0.15, -0.1) is 0 Å². The molecule has 0 aliphatic rings. The quantitative estimate of drug-likeness (QED) is 0.442. The fourth-order valence-electron chi connectivity index (χ4n) is 2.96. The second kappa shape index (κ2) is 7.60. The van der Waals surface area contributed by atoms with E-state index in [1.165, 1.54) is 4.57 Å². The van der Waals surface area contributed by atoms with Crippen LogP contribution in [-0.4, -0.2) is 39.2 Å². The molecule has 0 saturated carbocycles. The summed E-state index contributed by atoms with van der Waals surface area (Å²) in [6.45, 7) is 0.178. The SMILES string of the molecule is CS(=O)(=O)c1nc(Cc2ccc(Cl)cc2Cl)cn1Cc1nc2ccc(Cl)nc2[nH]1. The minimum absolute atomic E-state index is 0.0518. The van der Waals surface area contributed by atoms with Crippen LogP contribution in [0.1, 0.15) is 17.1 Å². The normalized spacial score (nSPS) is 12.0. The van der Waals surface area contributed by atoms with Gasteiger partial charge in [0.05, 0.1) is 12.2 Å². The van der Waals surface area contributed by atoms with Crippen LogP contribution in [-0.2, 0) is 22.8 Å². The maximum absolute atomic E-state index is 12.3. The predicted octanol–water partition coefficient (Wildman–Crippen LogP) is 4.16. The minimum atomic E-state index is -3.56. The maximum Gasteiger partial charge on any atom is 0.228 e. The summed E-state index contributed by atoms with van der Waals surface area (Å²) in [5.41, 5.74) is 2.52. The summed E-state index contributed by atoms with van der Waals surface area (Å²) in [7, 11) is -3.56. The summed E-state index contributed by atoms with van der Waals surface area (Å²) in [5, 5.41) is 1.31. The molecule has 0 amide bonds. The molecule has 0 bridgehead atoms. The average molecular weight is 471 g/mol. The van der Waals surface area contributed by atoms with E-state index in [-0.39, 0.29) is 11.7 Å². The highest BCUT2D eigenvalue weighted by Crippen LogP contribution is 2.24. The second-order valence-electron chi connectivity index (χ2n) is 6.51. The molecule has 11 heteroatoms. The van der Waals surface area contributed by atoms with Crippen molar-refractivity contribution in [3.8, 4) is 0 Å². The molecule has 7 nitrogen and oxygen atoms in total. The number of nitrogens with zero attached hydrogens (tertiary/aromatic N) is 4. The van der Waals surface area contributed by atoms with Gasteiger partial charge in [-0.2, -0.15) is 0 Å². The van der Waals surface area contributed by atoms with Crippen LogP contribution in [0.25, 0.3) is 11.2 Å². The number of nitrogens with one attached hydrogen (secondary N) is 1. The molecule has 0 saturated heterocycles. The third kappa shape index (κ3) is 4.40. The molecule has 0 aliphatic heterocycles. The molecule has 29 heavy (non-hydrogen) atoms. The van der Waals surface area contributed by atoms with Crippen molar-refractivity contribution in [2.45, 2.75) is 18.1 Å². The smallest absolute Gasteiger partial charge is 0.228 e. The van der Waals surface area contributed by atoms with E-state index in [2.05, 4.69) is 19.9 Å². The maximum atomic E-state index is 12.3. The molecular weight excluding hydrogens is 457 g/mol. The zero-order valence-corrected chi connectivity index (χ0v) is 18.1. The molecule has 0 aliphatic carbocycles. The molecule has 1 N–H and O–H groups in total. The molecule has 3 aromatic heterocycles. The van der Waals surface area contributed by atoms with E-state index in [1.807, 2.05) is 0 Å². The van der Waals surface area contributed by atoms with Crippen molar-refractivity contribution in [2.24, 2.45) is 0 Å². The van der Waals surface area contributed by atoms with Crippen LogP contribution in [0.2, 0.25) is 15.2 Å². The molecule has 150 valence electrons. The highest BCUT2D eigenvalue weighted by molar-refractivity contribution is 7.90. The molecule has 4 aromatic rings. The molecule has 0 spiro atoms. The highest BCUT2D eigenvalue weighted by Gasteiger charge is 2.20. The lowest BCUT2D eigenvalue weighted by molar-refractivity contribution is 0.575. The number of hydrogen-bond acceptors (Lipinski definition) is 5. The zero-order chi connectivity index (χ0) is 20.8. The second-order valence-corrected chi connectivity index (χ2v) is 9.65. The number of aromatic nitrogens is 5. The van der Waals surface area contributed by atoms with Gasteiger partial charge in [0.2, 0.25) is 15.0 Å². The van der Waals surface area contributed by atoms with E-state index in [0.717, 1.165) is 11.8 Å². The van der Waals surface area contributed by atoms with Gasteiger partial charge < -0.3 is 9.55 Å². The Morgan fingerprint density at radius 3 is 2.59 bits per heavy atom. The Kier molecular flexibility index (Phi) is 5.29. The lowest BCUT2D eigenvalue weighted by atomic mass is 10.1. The van der Waals surface area contributed by atoms with Crippen LogP contribution in [0, 0.1) is 0 Å². The number of pyridine rings is 1. The lowest BCUT2D eigenvalue weighted by Crippen LogP contribution is -2.10. The van der Waals surface area contributed by atoms with Gasteiger partial charge in [-0.05, 0) is 29.8 Å². The van der Waals surface area contributed by atoms with Crippen LogP contribution < -0.4 is 0 Å². The zero-order valence-electron chi connectivity index (χ0n) is 15.0. The van der Waals surface area contributed by atoms with Gasteiger partial charge in [-0.1, -0.05) is 40.9 Å². The van der Waals surface area contributed by atoms with Crippen LogP contribution >= 0.6 is 34.8 Å². The topological polar surface area (TPSA) is 93.5 Å². The summed E-state index contributed by atoms with van der Waals surface area (Å²) in [6.07, 6.45) is 3.16. The summed E-state index contributed by atoms with van der Waals surface area (Å²) < 4.78 is 26.0. The number of sulfone groups is 1. The number of hydrogen-bond donors (Lipinski definition) is 1. The molecule has 0 radical (unpaired) electrons. The van der Waals surface area contributed by atoms with Gasteiger partial charge in [0, 0.05) is 28.9 Å². The molecule has 4 rings (SSSR count). The van der Waals surface area contributed by atoms with Crippen molar-refractivity contribution < 1.29 is 8.42 Å². The monoisotopic (exact) mass is 469 g/mol. The van der Waals surface area contributed by atoms with Gasteiger partial charge in [0.15, 0.2) is 5.65 Å². The Morgan fingerprint density at radius 2 is 1.86 bits per heavy atom. The first kappa shape index (κ1) is 20.2. The Labute approximate surface area is 181 Å². The van der Waals surface area contributed by atoms with E-state index in [0.29, 0.717) is 44.3 Å².